The number of nitro benzene ring substituents is 1. The van der Waals surface area contributed by atoms with Crippen molar-refractivity contribution < 1.29 is 36.8 Å². The molecule has 6 rings (SSSR count). The molecule has 0 radical (unpaired) electrons. The molecule has 0 aromatic heterocycles. The lowest BCUT2D eigenvalue weighted by atomic mass is 9.58. The topological polar surface area (TPSA) is 123 Å². The molecule has 1 aromatic carbocycles. The van der Waals surface area contributed by atoms with E-state index in [4.69, 9.17) is 23.4 Å². The van der Waals surface area contributed by atoms with Gasteiger partial charge in [-0.2, -0.15) is 8.42 Å². The Morgan fingerprint density at radius 2 is 1.81 bits per heavy atom. The second-order valence-electron chi connectivity index (χ2n) is 9.58. The minimum atomic E-state index is -4.23. The van der Waals surface area contributed by atoms with Gasteiger partial charge in [0.05, 0.1) is 9.82 Å². The van der Waals surface area contributed by atoms with E-state index in [0.717, 1.165) is 43.5 Å². The van der Waals surface area contributed by atoms with E-state index in [2.05, 4.69) is 6.92 Å². The molecule has 4 aliphatic heterocycles. The fraction of sp³-hybridized carbons (Fsp3) is 0.714. The van der Waals surface area contributed by atoms with Crippen LogP contribution in [0.3, 0.4) is 0 Å². The number of nitro groups is 1. The minimum absolute atomic E-state index is 0.0813. The molecular weight excluding hydrogens is 442 g/mol. The Kier molecular flexibility index (Phi) is 5.16. The first-order valence-corrected chi connectivity index (χ1v) is 12.3. The number of fused-ring (bicyclic) bond motifs is 2. The van der Waals surface area contributed by atoms with Gasteiger partial charge in [0.25, 0.3) is 15.8 Å². The molecule has 176 valence electrons. The molecule has 1 saturated carbocycles. The van der Waals surface area contributed by atoms with Crippen molar-refractivity contribution >= 4 is 15.8 Å². The van der Waals surface area contributed by atoms with Crippen molar-refractivity contribution in [1.29, 1.82) is 0 Å². The molecular formula is C21H27NO9S. The highest BCUT2D eigenvalue weighted by atomic mass is 32.2. The Morgan fingerprint density at radius 3 is 2.50 bits per heavy atom. The van der Waals surface area contributed by atoms with Gasteiger partial charge in [0, 0.05) is 30.4 Å². The maximum absolute atomic E-state index is 12.9. The average Bonchev–Trinajstić information content (AvgIpc) is 2.97. The fourth-order valence-corrected chi connectivity index (χ4v) is 6.95. The van der Waals surface area contributed by atoms with Crippen LogP contribution in [0.15, 0.2) is 29.2 Å². The summed E-state index contributed by atoms with van der Waals surface area (Å²) in [6.07, 6.45) is 1.39. The molecule has 5 aliphatic rings. The third-order valence-electron chi connectivity index (χ3n) is 7.65. The lowest BCUT2D eigenvalue weighted by molar-refractivity contribution is -0.575. The lowest BCUT2D eigenvalue weighted by Gasteiger charge is -2.60. The van der Waals surface area contributed by atoms with Gasteiger partial charge in [0.15, 0.2) is 18.2 Å². The van der Waals surface area contributed by atoms with Crippen molar-refractivity contribution in [3.05, 3.63) is 34.4 Å². The maximum atomic E-state index is 12.9. The summed E-state index contributed by atoms with van der Waals surface area (Å²) in [6, 6.07) is 4.57. The highest BCUT2D eigenvalue weighted by Gasteiger charge is 2.69. The predicted molar refractivity (Wildman–Crippen MR) is 108 cm³/mol. The quantitative estimate of drug-likeness (QED) is 0.282. The first kappa shape index (κ1) is 22.2. The largest absolute Gasteiger partial charge is 0.319 e. The van der Waals surface area contributed by atoms with Crippen molar-refractivity contribution in [3.63, 3.8) is 0 Å². The number of nitrogens with zero attached hydrogens (tertiary/aromatic N) is 1. The van der Waals surface area contributed by atoms with Crippen LogP contribution in [0.5, 0.6) is 0 Å². The molecule has 2 bridgehead atoms. The number of ether oxygens (including phenoxy) is 2. The van der Waals surface area contributed by atoms with Crippen LogP contribution in [0.4, 0.5) is 5.69 Å². The van der Waals surface area contributed by atoms with Crippen molar-refractivity contribution in [2.24, 2.45) is 23.7 Å². The van der Waals surface area contributed by atoms with Crippen LogP contribution in [0, 0.1) is 33.8 Å². The molecule has 1 spiro atoms. The second kappa shape index (κ2) is 7.44. The number of rotatable bonds is 4. The average molecular weight is 470 g/mol. The van der Waals surface area contributed by atoms with E-state index in [-0.39, 0.29) is 28.3 Å². The summed E-state index contributed by atoms with van der Waals surface area (Å²) < 4.78 is 43.7. The number of hydrogen-bond donors (Lipinski definition) is 0. The maximum Gasteiger partial charge on any atom is 0.299 e. The Labute approximate surface area is 186 Å². The molecule has 4 saturated heterocycles. The standard InChI is InChI=1S/C21H27NO9S/c1-12-4-9-17-13(2)18(29-32(25,26)15-7-5-14(6-8-15)22(23)24)27-19-21(17)16(12)10-11-20(3,28-19)30-31-21/h5-8,12-13,16-19H,4,9-11H2,1-3H3. The van der Waals surface area contributed by atoms with E-state index in [9.17, 15) is 18.5 Å². The number of non-ortho nitro benzene ring substituents is 1. The molecule has 32 heavy (non-hydrogen) atoms. The lowest BCUT2D eigenvalue weighted by Crippen LogP contribution is -2.70. The summed E-state index contributed by atoms with van der Waals surface area (Å²) in [5, 5.41) is 10.9. The van der Waals surface area contributed by atoms with Crippen molar-refractivity contribution in [2.75, 3.05) is 0 Å². The van der Waals surface area contributed by atoms with E-state index >= 15 is 0 Å². The number of hydrogen-bond acceptors (Lipinski definition) is 9. The predicted octanol–water partition coefficient (Wildman–Crippen LogP) is 3.51. The molecule has 4 heterocycles. The molecule has 0 N–H and O–H groups in total. The summed E-state index contributed by atoms with van der Waals surface area (Å²) in [5.74, 6) is -0.824. The van der Waals surface area contributed by atoms with E-state index < -0.39 is 39.0 Å². The smallest absolute Gasteiger partial charge is 0.299 e. The molecule has 1 aromatic rings. The Bertz CT molecular complexity index is 1010. The highest BCUT2D eigenvalue weighted by molar-refractivity contribution is 7.86. The zero-order chi connectivity index (χ0) is 22.9. The van der Waals surface area contributed by atoms with Crippen LogP contribution in [0.1, 0.15) is 46.5 Å². The fourth-order valence-electron chi connectivity index (χ4n) is 5.90. The van der Waals surface area contributed by atoms with E-state index in [1.807, 2.05) is 6.92 Å². The molecule has 8 unspecified atom stereocenters. The van der Waals surface area contributed by atoms with Gasteiger partial charge in [0.2, 0.25) is 5.79 Å². The van der Waals surface area contributed by atoms with Gasteiger partial charge in [-0.3, -0.25) is 10.1 Å². The van der Waals surface area contributed by atoms with E-state index in [0.29, 0.717) is 12.3 Å². The van der Waals surface area contributed by atoms with Gasteiger partial charge in [-0.15, -0.1) is 0 Å². The van der Waals surface area contributed by atoms with Crippen LogP contribution >= 0.6 is 0 Å². The molecule has 1 aliphatic carbocycles. The van der Waals surface area contributed by atoms with Crippen molar-refractivity contribution in [1.82, 2.24) is 0 Å². The first-order chi connectivity index (χ1) is 15.1. The molecule has 11 heteroatoms. The summed E-state index contributed by atoms with van der Waals surface area (Å²) >= 11 is 0. The summed E-state index contributed by atoms with van der Waals surface area (Å²) in [7, 11) is -4.23. The molecule has 0 amide bonds. The monoisotopic (exact) mass is 469 g/mol. The van der Waals surface area contributed by atoms with Crippen LogP contribution < -0.4 is 0 Å². The Balaban J connectivity index is 1.45. The zero-order valence-electron chi connectivity index (χ0n) is 18.1. The Hall–Kier alpha value is -1.63. The summed E-state index contributed by atoms with van der Waals surface area (Å²) in [5.41, 5.74) is -1.02. The summed E-state index contributed by atoms with van der Waals surface area (Å²) in [6.45, 7) is 5.88. The van der Waals surface area contributed by atoms with Crippen LogP contribution in [-0.4, -0.2) is 37.3 Å². The van der Waals surface area contributed by atoms with Crippen LogP contribution in [0.2, 0.25) is 0 Å². The SMILES string of the molecule is CC1CCC2C(C)C(OS(=O)(=O)c3ccc([N+](=O)[O-])cc3)OC3OC4(C)CCC1C32OO4. The molecule has 8 atom stereocenters. The van der Waals surface area contributed by atoms with Crippen LogP contribution in [-0.2, 0) is 33.6 Å². The van der Waals surface area contributed by atoms with Gasteiger partial charge in [0.1, 0.15) is 0 Å². The van der Waals surface area contributed by atoms with Gasteiger partial charge in [-0.05, 0) is 50.2 Å². The normalized spacial score (nSPS) is 43.3. The van der Waals surface area contributed by atoms with Gasteiger partial charge >= 0.3 is 0 Å². The highest BCUT2D eigenvalue weighted by Crippen LogP contribution is 2.60. The minimum Gasteiger partial charge on any atom is -0.319 e. The Morgan fingerprint density at radius 1 is 1.09 bits per heavy atom. The van der Waals surface area contributed by atoms with Crippen molar-refractivity contribution in [2.45, 2.75) is 75.3 Å². The summed E-state index contributed by atoms with van der Waals surface area (Å²) in [4.78, 5) is 21.9. The van der Waals surface area contributed by atoms with Crippen molar-refractivity contribution in [3.8, 4) is 0 Å². The zero-order valence-corrected chi connectivity index (χ0v) is 18.9. The third kappa shape index (κ3) is 3.29. The van der Waals surface area contributed by atoms with E-state index in [1.165, 1.54) is 0 Å². The number of benzene rings is 1. The van der Waals surface area contributed by atoms with E-state index in [1.54, 1.807) is 6.92 Å². The van der Waals surface area contributed by atoms with Gasteiger partial charge < -0.3 is 9.47 Å². The molecule has 10 nitrogen and oxygen atoms in total. The van der Waals surface area contributed by atoms with Gasteiger partial charge in [-0.25, -0.2) is 14.0 Å². The third-order valence-corrected chi connectivity index (χ3v) is 8.95. The second-order valence-corrected chi connectivity index (χ2v) is 11.1. The van der Waals surface area contributed by atoms with Crippen LogP contribution in [0.25, 0.3) is 0 Å². The first-order valence-electron chi connectivity index (χ1n) is 10.9. The molecule has 5 fully saturated rings. The van der Waals surface area contributed by atoms with Gasteiger partial charge in [-0.1, -0.05) is 13.8 Å².